The van der Waals surface area contributed by atoms with Crippen LogP contribution in [0.15, 0.2) is 17.0 Å². The monoisotopic (exact) mass is 299 g/mol. The summed E-state index contributed by atoms with van der Waals surface area (Å²) >= 11 is 0. The molecule has 0 saturated carbocycles. The Labute approximate surface area is 122 Å². The molecule has 0 aliphatic carbocycles. The van der Waals surface area contributed by atoms with Crippen molar-refractivity contribution in [2.24, 2.45) is 5.41 Å². The molecule has 0 aromatic heterocycles. The fourth-order valence-electron chi connectivity index (χ4n) is 1.91. The highest BCUT2D eigenvalue weighted by Gasteiger charge is 2.19. The van der Waals surface area contributed by atoms with Crippen LogP contribution in [0.25, 0.3) is 0 Å². The van der Waals surface area contributed by atoms with Gasteiger partial charge < -0.3 is 5.11 Å². The van der Waals surface area contributed by atoms with E-state index >= 15 is 0 Å². The number of aliphatic hydroxyl groups excluding tert-OH is 1. The summed E-state index contributed by atoms with van der Waals surface area (Å²) < 4.78 is 27.4. The van der Waals surface area contributed by atoms with E-state index < -0.39 is 10.0 Å². The van der Waals surface area contributed by atoms with Gasteiger partial charge in [0.1, 0.15) is 0 Å². The Hall–Kier alpha value is -0.910. The first-order valence-electron chi connectivity index (χ1n) is 6.77. The zero-order valence-electron chi connectivity index (χ0n) is 12.9. The standard InChI is InChI=1S/C15H25NO3S/c1-11-8-13(10-17)9-14(12(11)2)20(18,19)16-7-6-15(3,4)5/h8-9,16-17H,6-7,10H2,1-5H3. The van der Waals surface area contributed by atoms with Gasteiger partial charge in [0, 0.05) is 6.54 Å². The highest BCUT2D eigenvalue weighted by molar-refractivity contribution is 7.89. The summed E-state index contributed by atoms with van der Waals surface area (Å²) in [5.41, 5.74) is 2.29. The van der Waals surface area contributed by atoms with Gasteiger partial charge in [-0.1, -0.05) is 26.8 Å². The molecule has 5 heteroatoms. The van der Waals surface area contributed by atoms with Crippen molar-refractivity contribution in [2.45, 2.75) is 52.5 Å². The van der Waals surface area contributed by atoms with E-state index in [1.54, 1.807) is 13.0 Å². The Kier molecular flexibility index (Phi) is 5.35. The Morgan fingerprint density at radius 2 is 1.80 bits per heavy atom. The molecule has 0 bridgehead atoms. The maximum atomic E-state index is 12.4. The maximum absolute atomic E-state index is 12.4. The minimum Gasteiger partial charge on any atom is -0.392 e. The summed E-state index contributed by atoms with van der Waals surface area (Å²) in [6.07, 6.45) is 0.768. The lowest BCUT2D eigenvalue weighted by Crippen LogP contribution is -2.28. The molecule has 2 N–H and O–H groups in total. The molecule has 0 amide bonds. The lowest BCUT2D eigenvalue weighted by atomic mass is 9.93. The van der Waals surface area contributed by atoms with Crippen LogP contribution in [-0.4, -0.2) is 20.1 Å². The zero-order valence-corrected chi connectivity index (χ0v) is 13.8. The van der Waals surface area contributed by atoms with E-state index in [0.717, 1.165) is 17.5 Å². The smallest absolute Gasteiger partial charge is 0.240 e. The van der Waals surface area contributed by atoms with Crippen molar-refractivity contribution in [1.82, 2.24) is 4.72 Å². The van der Waals surface area contributed by atoms with Gasteiger partial charge in [-0.3, -0.25) is 0 Å². The molecule has 0 radical (unpaired) electrons. The quantitative estimate of drug-likeness (QED) is 0.878. The molecule has 0 spiro atoms. The van der Waals surface area contributed by atoms with E-state index in [9.17, 15) is 13.5 Å². The van der Waals surface area contributed by atoms with Crippen molar-refractivity contribution in [3.05, 3.63) is 28.8 Å². The second-order valence-electron chi connectivity index (χ2n) is 6.40. The van der Waals surface area contributed by atoms with Gasteiger partial charge in [-0.25, -0.2) is 13.1 Å². The van der Waals surface area contributed by atoms with Gasteiger partial charge in [-0.05, 0) is 48.4 Å². The molecule has 114 valence electrons. The van der Waals surface area contributed by atoms with Gasteiger partial charge in [0.05, 0.1) is 11.5 Å². The first-order valence-corrected chi connectivity index (χ1v) is 8.26. The number of sulfonamides is 1. The first kappa shape index (κ1) is 17.1. The Bertz CT molecular complexity index is 572. The highest BCUT2D eigenvalue weighted by Crippen LogP contribution is 2.22. The molecule has 0 unspecified atom stereocenters. The topological polar surface area (TPSA) is 66.4 Å². The van der Waals surface area contributed by atoms with Crippen LogP contribution in [0.2, 0.25) is 0 Å². The maximum Gasteiger partial charge on any atom is 0.240 e. The molecule has 0 aliphatic rings. The third-order valence-electron chi connectivity index (χ3n) is 3.32. The molecule has 1 rings (SSSR count). The largest absolute Gasteiger partial charge is 0.392 e. The second-order valence-corrected chi connectivity index (χ2v) is 8.14. The molecule has 0 saturated heterocycles. The lowest BCUT2D eigenvalue weighted by Gasteiger charge is -2.19. The van der Waals surface area contributed by atoms with E-state index in [-0.39, 0.29) is 16.9 Å². The summed E-state index contributed by atoms with van der Waals surface area (Å²) in [6, 6.07) is 3.35. The highest BCUT2D eigenvalue weighted by atomic mass is 32.2. The lowest BCUT2D eigenvalue weighted by molar-refractivity contribution is 0.281. The second kappa shape index (κ2) is 6.24. The summed E-state index contributed by atoms with van der Waals surface area (Å²) in [5.74, 6) is 0. The van der Waals surface area contributed by atoms with E-state index in [0.29, 0.717) is 12.1 Å². The van der Waals surface area contributed by atoms with Crippen molar-refractivity contribution < 1.29 is 13.5 Å². The van der Waals surface area contributed by atoms with Crippen LogP contribution in [0.1, 0.15) is 43.9 Å². The number of benzene rings is 1. The average Bonchev–Trinajstić information content (AvgIpc) is 2.30. The Morgan fingerprint density at radius 3 is 2.30 bits per heavy atom. The summed E-state index contributed by atoms with van der Waals surface area (Å²) in [6.45, 7) is 10.1. The van der Waals surface area contributed by atoms with Crippen LogP contribution in [-0.2, 0) is 16.6 Å². The predicted molar refractivity (Wildman–Crippen MR) is 81.1 cm³/mol. The number of aliphatic hydroxyl groups is 1. The van der Waals surface area contributed by atoms with Gasteiger partial charge in [-0.15, -0.1) is 0 Å². The van der Waals surface area contributed by atoms with Crippen LogP contribution < -0.4 is 4.72 Å². The molecular formula is C15H25NO3S. The van der Waals surface area contributed by atoms with Crippen LogP contribution in [0.5, 0.6) is 0 Å². The van der Waals surface area contributed by atoms with Gasteiger partial charge >= 0.3 is 0 Å². The Balaban J connectivity index is 3.01. The molecule has 0 fully saturated rings. The van der Waals surface area contributed by atoms with Crippen LogP contribution in [0.3, 0.4) is 0 Å². The SMILES string of the molecule is Cc1cc(CO)cc(S(=O)(=O)NCCC(C)(C)C)c1C. The van der Waals surface area contributed by atoms with Crippen LogP contribution in [0, 0.1) is 19.3 Å². The van der Waals surface area contributed by atoms with Crippen LogP contribution in [0.4, 0.5) is 0 Å². The van der Waals surface area contributed by atoms with Crippen molar-refractivity contribution in [2.75, 3.05) is 6.54 Å². The third-order valence-corrected chi connectivity index (χ3v) is 4.91. The minimum atomic E-state index is -3.53. The first-order chi connectivity index (χ1) is 9.07. The van der Waals surface area contributed by atoms with Crippen molar-refractivity contribution in [3.63, 3.8) is 0 Å². The fourth-order valence-corrected chi connectivity index (χ4v) is 3.30. The molecule has 0 heterocycles. The number of nitrogens with one attached hydrogen (secondary N) is 1. The number of hydrogen-bond acceptors (Lipinski definition) is 3. The number of aryl methyl sites for hydroxylation is 1. The van der Waals surface area contributed by atoms with Crippen molar-refractivity contribution >= 4 is 10.0 Å². The van der Waals surface area contributed by atoms with Gasteiger partial charge in [0.25, 0.3) is 0 Å². The van der Waals surface area contributed by atoms with Crippen molar-refractivity contribution in [1.29, 1.82) is 0 Å². The number of hydrogen-bond donors (Lipinski definition) is 2. The van der Waals surface area contributed by atoms with Crippen molar-refractivity contribution in [3.8, 4) is 0 Å². The van der Waals surface area contributed by atoms with E-state index in [1.165, 1.54) is 0 Å². The molecule has 4 nitrogen and oxygen atoms in total. The molecular weight excluding hydrogens is 274 g/mol. The van der Waals surface area contributed by atoms with E-state index in [2.05, 4.69) is 25.5 Å². The third kappa shape index (κ3) is 4.58. The summed E-state index contributed by atoms with van der Waals surface area (Å²) in [7, 11) is -3.53. The predicted octanol–water partition coefficient (Wildman–Crippen LogP) is 2.51. The number of rotatable bonds is 5. The van der Waals surface area contributed by atoms with Gasteiger partial charge in [0.15, 0.2) is 0 Å². The van der Waals surface area contributed by atoms with Gasteiger partial charge in [0.2, 0.25) is 10.0 Å². The zero-order chi connectivity index (χ0) is 15.6. The van der Waals surface area contributed by atoms with E-state index in [1.807, 2.05) is 13.0 Å². The van der Waals surface area contributed by atoms with E-state index in [4.69, 9.17) is 0 Å². The summed E-state index contributed by atoms with van der Waals surface area (Å²) in [5, 5.41) is 9.21. The average molecular weight is 299 g/mol. The molecule has 1 aromatic carbocycles. The fraction of sp³-hybridized carbons (Fsp3) is 0.600. The van der Waals surface area contributed by atoms with Crippen LogP contribution >= 0.6 is 0 Å². The molecule has 0 atom stereocenters. The molecule has 1 aromatic rings. The molecule has 0 aliphatic heterocycles. The minimum absolute atomic E-state index is 0.0838. The Morgan fingerprint density at radius 1 is 1.20 bits per heavy atom. The molecule has 20 heavy (non-hydrogen) atoms. The summed E-state index contributed by atoms with van der Waals surface area (Å²) in [4.78, 5) is 0.260. The van der Waals surface area contributed by atoms with Gasteiger partial charge in [-0.2, -0.15) is 0 Å². The normalized spacial score (nSPS) is 12.7.